The van der Waals surface area contributed by atoms with Crippen LogP contribution in [-0.4, -0.2) is 14.9 Å². The Morgan fingerprint density at radius 3 is 2.61 bits per heavy atom. The Bertz CT molecular complexity index is 549. The van der Waals surface area contributed by atoms with Gasteiger partial charge in [-0.1, -0.05) is 18.2 Å². The van der Waals surface area contributed by atoms with E-state index < -0.39 is 0 Å². The minimum absolute atomic E-state index is 0.421. The van der Waals surface area contributed by atoms with E-state index in [1.165, 1.54) is 5.01 Å². The summed E-state index contributed by atoms with van der Waals surface area (Å²) in [7, 11) is 1.85. The Morgan fingerprint density at radius 1 is 1.39 bits per heavy atom. The molecule has 0 aliphatic carbocycles. The zero-order chi connectivity index (χ0) is 13.1. The van der Waals surface area contributed by atoms with Crippen LogP contribution in [0.25, 0.3) is 0 Å². The maximum absolute atomic E-state index is 5.94. The third-order valence-corrected chi connectivity index (χ3v) is 2.79. The Hall–Kier alpha value is -1.92. The largest absolute Gasteiger partial charge is 0.316 e. The predicted molar refractivity (Wildman–Crippen MR) is 77.3 cm³/mol. The van der Waals surface area contributed by atoms with Gasteiger partial charge in [-0.25, -0.2) is 5.84 Å². The number of nitrogens with two attached hydrogens (primary N) is 1. The van der Waals surface area contributed by atoms with E-state index in [1.54, 1.807) is 4.68 Å². The van der Waals surface area contributed by atoms with Crippen LogP contribution in [0.5, 0.6) is 0 Å². The number of thiocarbonyl (C=S) groups is 1. The molecule has 0 radical (unpaired) electrons. The van der Waals surface area contributed by atoms with Gasteiger partial charge in [-0.05, 0) is 31.3 Å². The van der Waals surface area contributed by atoms with Gasteiger partial charge in [-0.2, -0.15) is 5.10 Å². The van der Waals surface area contributed by atoms with Crippen molar-refractivity contribution >= 4 is 28.8 Å². The second kappa shape index (κ2) is 5.16. The highest BCUT2D eigenvalue weighted by Gasteiger charge is 2.09. The van der Waals surface area contributed by atoms with Crippen molar-refractivity contribution in [2.45, 2.75) is 6.92 Å². The van der Waals surface area contributed by atoms with Gasteiger partial charge in [0.15, 0.2) is 5.11 Å². The first-order valence-electron chi connectivity index (χ1n) is 5.49. The van der Waals surface area contributed by atoms with Gasteiger partial charge in [0.2, 0.25) is 0 Å². The van der Waals surface area contributed by atoms with Crippen molar-refractivity contribution < 1.29 is 0 Å². The number of benzene rings is 1. The van der Waals surface area contributed by atoms with Gasteiger partial charge in [0.1, 0.15) is 5.82 Å². The first-order chi connectivity index (χ1) is 8.58. The maximum atomic E-state index is 5.94. The lowest BCUT2D eigenvalue weighted by atomic mass is 10.3. The second-order valence-electron chi connectivity index (χ2n) is 3.93. The van der Waals surface area contributed by atoms with Crippen molar-refractivity contribution in [3.63, 3.8) is 0 Å². The fourth-order valence-electron chi connectivity index (χ4n) is 1.60. The summed E-state index contributed by atoms with van der Waals surface area (Å²) >= 11 is 5.26. The average Bonchev–Trinajstić information content (AvgIpc) is 2.68. The highest BCUT2D eigenvalue weighted by Crippen LogP contribution is 2.13. The average molecular weight is 261 g/mol. The van der Waals surface area contributed by atoms with Crippen LogP contribution < -0.4 is 16.2 Å². The van der Waals surface area contributed by atoms with Crippen molar-refractivity contribution in [1.29, 1.82) is 0 Å². The molecule has 0 atom stereocenters. The van der Waals surface area contributed by atoms with Crippen LogP contribution in [-0.2, 0) is 7.05 Å². The monoisotopic (exact) mass is 261 g/mol. The number of hydrogen-bond acceptors (Lipinski definition) is 3. The Labute approximate surface area is 111 Å². The number of aryl methyl sites for hydroxylation is 2. The number of rotatable bonds is 2. The third-order valence-electron chi connectivity index (χ3n) is 2.49. The number of nitrogens with one attached hydrogen (secondary N) is 1. The van der Waals surface area contributed by atoms with E-state index in [0.29, 0.717) is 5.11 Å². The fraction of sp³-hybridized carbons (Fsp3) is 0.167. The lowest BCUT2D eigenvalue weighted by molar-refractivity contribution is 0.765. The van der Waals surface area contributed by atoms with E-state index in [2.05, 4.69) is 10.4 Å². The molecule has 0 saturated heterocycles. The zero-order valence-electron chi connectivity index (χ0n) is 10.3. The number of para-hydroxylation sites is 1. The Balaban J connectivity index is 2.11. The van der Waals surface area contributed by atoms with Crippen LogP contribution in [0.4, 0.5) is 11.5 Å². The summed E-state index contributed by atoms with van der Waals surface area (Å²) in [5.41, 5.74) is 1.75. The van der Waals surface area contributed by atoms with E-state index in [0.717, 1.165) is 17.2 Å². The van der Waals surface area contributed by atoms with Gasteiger partial charge in [0.05, 0.1) is 11.4 Å². The molecule has 0 unspecified atom stereocenters. The summed E-state index contributed by atoms with van der Waals surface area (Å²) in [4.78, 5) is 0. The van der Waals surface area contributed by atoms with Crippen molar-refractivity contribution in [1.82, 2.24) is 9.78 Å². The van der Waals surface area contributed by atoms with Crippen LogP contribution in [0, 0.1) is 6.92 Å². The molecule has 0 bridgehead atoms. The lowest BCUT2D eigenvalue weighted by Crippen LogP contribution is -2.40. The molecule has 0 fully saturated rings. The molecule has 18 heavy (non-hydrogen) atoms. The van der Waals surface area contributed by atoms with Crippen LogP contribution in [0.2, 0.25) is 0 Å². The molecule has 1 aromatic heterocycles. The van der Waals surface area contributed by atoms with Crippen molar-refractivity contribution in [3.05, 3.63) is 42.1 Å². The molecular weight excluding hydrogens is 246 g/mol. The van der Waals surface area contributed by atoms with Gasteiger partial charge in [-0.15, -0.1) is 0 Å². The molecule has 3 N–H and O–H groups in total. The summed E-state index contributed by atoms with van der Waals surface area (Å²) in [5, 5.41) is 9.14. The molecule has 2 rings (SSSR count). The summed E-state index contributed by atoms with van der Waals surface area (Å²) in [6.45, 7) is 1.92. The molecule has 0 saturated carbocycles. The van der Waals surface area contributed by atoms with Crippen LogP contribution in [0.3, 0.4) is 0 Å². The van der Waals surface area contributed by atoms with Crippen molar-refractivity contribution in [3.8, 4) is 0 Å². The summed E-state index contributed by atoms with van der Waals surface area (Å²) in [5.74, 6) is 6.75. The van der Waals surface area contributed by atoms with Crippen LogP contribution >= 0.6 is 12.2 Å². The first kappa shape index (κ1) is 12.5. The second-order valence-corrected chi connectivity index (χ2v) is 4.32. The third kappa shape index (κ3) is 2.66. The van der Waals surface area contributed by atoms with E-state index in [-0.39, 0.29) is 0 Å². The van der Waals surface area contributed by atoms with Gasteiger partial charge >= 0.3 is 0 Å². The molecule has 1 aromatic carbocycles. The molecule has 2 aromatic rings. The van der Waals surface area contributed by atoms with Gasteiger partial charge < -0.3 is 5.32 Å². The molecule has 6 heteroatoms. The van der Waals surface area contributed by atoms with E-state index in [9.17, 15) is 0 Å². The molecule has 1 heterocycles. The Morgan fingerprint density at radius 2 is 2.06 bits per heavy atom. The van der Waals surface area contributed by atoms with Gasteiger partial charge in [0.25, 0.3) is 0 Å². The molecule has 0 aliphatic heterocycles. The van der Waals surface area contributed by atoms with Gasteiger partial charge in [0, 0.05) is 13.1 Å². The fourth-order valence-corrected chi connectivity index (χ4v) is 1.81. The highest BCUT2D eigenvalue weighted by molar-refractivity contribution is 7.80. The smallest absolute Gasteiger partial charge is 0.193 e. The van der Waals surface area contributed by atoms with E-state index >= 15 is 0 Å². The number of nitrogens with zero attached hydrogens (tertiary/aromatic N) is 3. The highest BCUT2D eigenvalue weighted by atomic mass is 32.1. The minimum Gasteiger partial charge on any atom is -0.316 e. The number of aromatic nitrogens is 2. The number of hydrazine groups is 1. The zero-order valence-corrected chi connectivity index (χ0v) is 11.1. The molecule has 0 amide bonds. The quantitative estimate of drug-likeness (QED) is 0.490. The molecule has 0 aliphatic rings. The molecule has 5 nitrogen and oxygen atoms in total. The molecule has 94 valence electrons. The normalized spacial score (nSPS) is 10.2. The number of anilines is 2. The summed E-state index contributed by atoms with van der Waals surface area (Å²) < 4.78 is 1.72. The standard InChI is InChI=1S/C12H15N5S/c1-9-8-11(16(2)15-9)14-12(18)17(13)10-6-4-3-5-7-10/h3-8H,13H2,1-2H3,(H,14,18). The first-order valence-corrected chi connectivity index (χ1v) is 5.90. The number of hydrogen-bond donors (Lipinski definition) is 2. The summed E-state index contributed by atoms with van der Waals surface area (Å²) in [6.07, 6.45) is 0. The van der Waals surface area contributed by atoms with Gasteiger partial charge in [-0.3, -0.25) is 9.69 Å². The van der Waals surface area contributed by atoms with Crippen molar-refractivity contribution in [2.75, 3.05) is 10.3 Å². The van der Waals surface area contributed by atoms with Crippen LogP contribution in [0.1, 0.15) is 5.69 Å². The SMILES string of the molecule is Cc1cc(NC(=S)N(N)c2ccccc2)n(C)n1. The Kier molecular flexibility index (Phi) is 3.59. The van der Waals surface area contributed by atoms with Crippen molar-refractivity contribution in [2.24, 2.45) is 12.9 Å². The van der Waals surface area contributed by atoms with E-state index in [4.69, 9.17) is 18.1 Å². The predicted octanol–water partition coefficient (Wildman–Crippen LogP) is 1.81. The summed E-state index contributed by atoms with van der Waals surface area (Å²) in [6, 6.07) is 11.4. The maximum Gasteiger partial charge on any atom is 0.193 e. The van der Waals surface area contributed by atoms with E-state index in [1.807, 2.05) is 50.4 Å². The molecular formula is C12H15N5S. The van der Waals surface area contributed by atoms with Crippen LogP contribution in [0.15, 0.2) is 36.4 Å². The molecule has 0 spiro atoms. The minimum atomic E-state index is 0.421. The topological polar surface area (TPSA) is 59.1 Å². The lowest BCUT2D eigenvalue weighted by Gasteiger charge is -2.20.